The Hall–Kier alpha value is -2.84. The van der Waals surface area contributed by atoms with Gasteiger partial charge in [-0.3, -0.25) is 4.55 Å². The number of ether oxygens (including phenoxy) is 2. The number of unbranched alkanes of at least 4 members (excludes halogenated alkanes) is 14. The Morgan fingerprint density at radius 3 is 1.28 bits per heavy atom. The van der Waals surface area contributed by atoms with Crippen molar-refractivity contribution in [2.24, 2.45) is 0 Å². The van der Waals surface area contributed by atoms with Crippen molar-refractivity contribution in [1.82, 2.24) is 0 Å². The molecule has 0 radical (unpaired) electrons. The molecule has 0 heterocycles. The summed E-state index contributed by atoms with van der Waals surface area (Å²) in [4.78, 5) is -1.06. The summed E-state index contributed by atoms with van der Waals surface area (Å²) < 4.78 is 79.1. The minimum Gasteiger partial charge on any atom is -0.872 e. The van der Waals surface area contributed by atoms with Crippen molar-refractivity contribution in [1.29, 1.82) is 0 Å². The van der Waals surface area contributed by atoms with Gasteiger partial charge in [0.1, 0.15) is 43.8 Å². The van der Waals surface area contributed by atoms with Crippen LogP contribution in [0.15, 0.2) is 94.7 Å². The first-order valence-electron chi connectivity index (χ1n) is 19.9. The molecule has 0 atom stereocenters. The van der Waals surface area contributed by atoms with Crippen LogP contribution in [0.2, 0.25) is 0 Å². The van der Waals surface area contributed by atoms with Gasteiger partial charge in [-0.25, -0.2) is 8.42 Å². The monoisotopic (exact) mass is 850 g/mol. The van der Waals surface area contributed by atoms with Crippen LogP contribution in [0.5, 0.6) is 34.5 Å². The van der Waals surface area contributed by atoms with Gasteiger partial charge < -0.3 is 24.2 Å². The first-order chi connectivity index (χ1) is 26.8. The Morgan fingerprint density at radius 1 is 0.526 bits per heavy atom. The second kappa shape index (κ2) is 27.0. The van der Waals surface area contributed by atoms with E-state index < -0.39 is 41.5 Å². The van der Waals surface area contributed by atoms with Crippen LogP contribution in [0.4, 0.5) is 0 Å². The fourth-order valence-electron chi connectivity index (χ4n) is 6.49. The molecular weight excluding hydrogens is 793 g/mol. The van der Waals surface area contributed by atoms with Gasteiger partial charge in [0, 0.05) is 11.0 Å². The first kappa shape index (κ1) is 50.3. The molecular formula is C44H58CaO10S2. The predicted octanol–water partition coefficient (Wildman–Crippen LogP) is 10.9. The van der Waals surface area contributed by atoms with Gasteiger partial charge in [0.25, 0.3) is 10.1 Å². The maximum atomic E-state index is 12.3. The summed E-state index contributed by atoms with van der Waals surface area (Å²) in [7, 11) is -9.35. The van der Waals surface area contributed by atoms with Crippen LogP contribution in [-0.4, -0.2) is 68.8 Å². The molecule has 4 aromatic rings. The zero-order chi connectivity index (χ0) is 40.8. The zero-order valence-electron chi connectivity index (χ0n) is 33.5. The molecule has 308 valence electrons. The van der Waals surface area contributed by atoms with E-state index in [1.165, 1.54) is 69.9 Å². The standard InChI is InChI=1S/2C22H30O5S.Ca/c2*1-2-3-4-5-6-7-8-10-13-18-16-20(27-19-14-11-9-12-15-19)17-21(23)22(18)28(24,25)26;/h2*9,11-12,14-17,23H,2-8,10,13H2,1H3,(H,24,25,26);/q;;+2/p-2. The molecule has 0 aliphatic rings. The summed E-state index contributed by atoms with van der Waals surface area (Å²) >= 11 is 0. The Kier molecular flexibility index (Phi) is 23.8. The van der Waals surface area contributed by atoms with Gasteiger partial charge in [-0.15, -0.1) is 0 Å². The molecule has 2 N–H and O–H groups in total. The smallest absolute Gasteiger partial charge is 0.872 e. The van der Waals surface area contributed by atoms with Crippen molar-refractivity contribution in [3.63, 3.8) is 0 Å². The summed E-state index contributed by atoms with van der Waals surface area (Å²) in [6, 6.07) is 23.3. The molecule has 0 bridgehead atoms. The van der Waals surface area contributed by atoms with E-state index in [4.69, 9.17) is 9.47 Å². The summed E-state index contributed by atoms with van der Waals surface area (Å²) in [6.45, 7) is 4.37. The van der Waals surface area contributed by atoms with Crippen molar-refractivity contribution >= 4 is 58.0 Å². The number of aryl methyl sites for hydroxylation is 2. The van der Waals surface area contributed by atoms with Gasteiger partial charge in [0.05, 0.1) is 0 Å². The number of phenols is 1. The van der Waals surface area contributed by atoms with Crippen LogP contribution < -0.4 is 14.6 Å². The van der Waals surface area contributed by atoms with Gasteiger partial charge in [0.15, 0.2) is 0 Å². The van der Waals surface area contributed by atoms with E-state index in [1.807, 2.05) is 24.3 Å². The Labute approximate surface area is 370 Å². The summed E-state index contributed by atoms with van der Waals surface area (Å²) in [5.74, 6) is 0.407. The van der Waals surface area contributed by atoms with Gasteiger partial charge >= 0.3 is 37.7 Å². The van der Waals surface area contributed by atoms with Crippen molar-refractivity contribution in [2.45, 2.75) is 139 Å². The third kappa shape index (κ3) is 19.2. The van der Waals surface area contributed by atoms with Crippen molar-refractivity contribution in [2.75, 3.05) is 0 Å². The van der Waals surface area contributed by atoms with Crippen LogP contribution in [0.25, 0.3) is 0 Å². The number of aromatic hydroxyl groups is 1. The topological polar surface area (TPSA) is 173 Å². The van der Waals surface area contributed by atoms with E-state index >= 15 is 0 Å². The molecule has 0 aliphatic heterocycles. The molecule has 0 saturated heterocycles. The molecule has 4 aromatic carbocycles. The molecule has 0 aromatic heterocycles. The van der Waals surface area contributed by atoms with Gasteiger partial charge in [-0.2, -0.15) is 8.42 Å². The third-order valence-electron chi connectivity index (χ3n) is 9.29. The van der Waals surface area contributed by atoms with Crippen LogP contribution in [0, 0.1) is 0 Å². The number of rotatable bonds is 24. The van der Waals surface area contributed by atoms with Crippen molar-refractivity contribution in [3.05, 3.63) is 96.1 Å². The number of para-hydroxylation sites is 2. The molecule has 0 amide bonds. The van der Waals surface area contributed by atoms with Crippen LogP contribution in [0.1, 0.15) is 128 Å². The maximum Gasteiger partial charge on any atom is 2.00 e. The fourth-order valence-corrected chi connectivity index (χ4v) is 8.10. The molecule has 0 spiro atoms. The van der Waals surface area contributed by atoms with Crippen molar-refractivity contribution in [3.8, 4) is 34.5 Å². The van der Waals surface area contributed by atoms with Crippen LogP contribution in [-0.2, 0) is 33.1 Å². The molecule has 10 nitrogen and oxygen atoms in total. The Morgan fingerprint density at radius 2 is 0.895 bits per heavy atom. The molecule has 4 rings (SSSR count). The largest absolute Gasteiger partial charge is 2.00 e. The van der Waals surface area contributed by atoms with E-state index in [9.17, 15) is 36.2 Å². The normalized spacial score (nSPS) is 11.3. The number of hydrogen-bond acceptors (Lipinski definition) is 9. The second-order valence-electron chi connectivity index (χ2n) is 14.0. The molecule has 0 unspecified atom stereocenters. The van der Waals surface area contributed by atoms with E-state index in [2.05, 4.69) is 13.8 Å². The number of phenolic OH excluding ortho intramolecular Hbond substituents is 1. The molecule has 13 heteroatoms. The summed E-state index contributed by atoms with van der Waals surface area (Å²) in [6.07, 6.45) is 18.6. The van der Waals surface area contributed by atoms with E-state index in [-0.39, 0.29) is 49.1 Å². The quantitative estimate of drug-likeness (QED) is 0.0392. The third-order valence-corrected chi connectivity index (χ3v) is 11.2. The fraction of sp³-hybridized carbons (Fsp3) is 0.455. The summed E-state index contributed by atoms with van der Waals surface area (Å²) in [5.41, 5.74) is 0.624. The Balaban J connectivity index is 0.000000387. The van der Waals surface area contributed by atoms with Crippen molar-refractivity contribution < 1.29 is 45.6 Å². The SMILES string of the molecule is CCCCCCCCCCc1cc(Oc2ccccc2)cc(O)c1S(=O)(=O)O.CCCCCCCCCCc1cc(Oc2ccccc2)cc([O-])c1S(=O)(=O)[O-].[Ca+2]. The minimum atomic E-state index is -4.83. The molecule has 0 fully saturated rings. The number of hydrogen-bond donors (Lipinski definition) is 2. The second-order valence-corrected chi connectivity index (χ2v) is 16.7. The minimum absolute atomic E-state index is 0. The first-order valence-corrected chi connectivity index (χ1v) is 22.8. The number of benzene rings is 4. The average Bonchev–Trinajstić information content (AvgIpc) is 3.13. The van der Waals surface area contributed by atoms with Crippen LogP contribution in [0.3, 0.4) is 0 Å². The van der Waals surface area contributed by atoms with Crippen LogP contribution >= 0.6 is 0 Å². The summed E-state index contributed by atoms with van der Waals surface area (Å²) in [5, 5.41) is 22.5. The predicted molar refractivity (Wildman–Crippen MR) is 223 cm³/mol. The van der Waals surface area contributed by atoms with E-state index in [0.29, 0.717) is 35.7 Å². The van der Waals surface area contributed by atoms with Gasteiger partial charge in [0.2, 0.25) is 0 Å². The van der Waals surface area contributed by atoms with E-state index in [0.717, 1.165) is 51.0 Å². The average molecular weight is 851 g/mol. The molecule has 57 heavy (non-hydrogen) atoms. The maximum absolute atomic E-state index is 12.3. The molecule has 0 aliphatic carbocycles. The van der Waals surface area contributed by atoms with Gasteiger partial charge in [-0.05, 0) is 79.3 Å². The van der Waals surface area contributed by atoms with Gasteiger partial charge in [-0.1, -0.05) is 146 Å². The zero-order valence-corrected chi connectivity index (χ0v) is 37.3. The van der Waals surface area contributed by atoms with E-state index in [1.54, 1.807) is 42.5 Å². The Bertz CT molecular complexity index is 1810. The molecule has 0 saturated carbocycles.